The van der Waals surface area contributed by atoms with Crippen molar-refractivity contribution in [3.63, 3.8) is 0 Å². The molecule has 0 fully saturated rings. The predicted molar refractivity (Wildman–Crippen MR) is 61.4 cm³/mol. The van der Waals surface area contributed by atoms with Gasteiger partial charge in [0.2, 0.25) is 0 Å². The summed E-state index contributed by atoms with van der Waals surface area (Å²) in [5, 5.41) is 0. The van der Waals surface area contributed by atoms with E-state index in [9.17, 15) is 4.79 Å². The molecule has 0 amide bonds. The van der Waals surface area contributed by atoms with E-state index >= 15 is 0 Å². The lowest BCUT2D eigenvalue weighted by atomic mass is 10.0. The van der Waals surface area contributed by atoms with Crippen LogP contribution in [0.3, 0.4) is 0 Å². The van der Waals surface area contributed by atoms with Gasteiger partial charge in [0, 0.05) is 18.0 Å². The Kier molecular flexibility index (Phi) is 6.46. The Bertz CT molecular complexity index is 196. The molecule has 0 radical (unpaired) electrons. The van der Waals surface area contributed by atoms with Crippen LogP contribution >= 0.6 is 0 Å². The van der Waals surface area contributed by atoms with Crippen LogP contribution in [0.25, 0.3) is 0 Å². The zero-order valence-corrected chi connectivity index (χ0v) is 9.97. The van der Waals surface area contributed by atoms with Gasteiger partial charge in [-0.3, -0.25) is 9.69 Å². The van der Waals surface area contributed by atoms with Crippen LogP contribution in [-0.2, 0) is 4.79 Å². The number of carbonyl (C=O) groups excluding carboxylic acids is 1. The second-order valence-electron chi connectivity index (χ2n) is 3.99. The van der Waals surface area contributed by atoms with Crippen molar-refractivity contribution in [3.05, 3.63) is 12.2 Å². The van der Waals surface area contributed by atoms with Crippen molar-refractivity contribution in [1.82, 2.24) is 4.90 Å². The van der Waals surface area contributed by atoms with E-state index in [4.69, 9.17) is 0 Å². The lowest BCUT2D eigenvalue weighted by Crippen LogP contribution is -2.29. The molecule has 2 heteroatoms. The number of hydrogen-bond acceptors (Lipinski definition) is 2. The Morgan fingerprint density at radius 1 is 1.36 bits per heavy atom. The van der Waals surface area contributed by atoms with Gasteiger partial charge in [0.15, 0.2) is 5.78 Å². The molecule has 0 unspecified atom stereocenters. The zero-order chi connectivity index (χ0) is 11.1. The normalized spacial score (nSPS) is 11.0. The van der Waals surface area contributed by atoms with Crippen LogP contribution in [0.15, 0.2) is 12.2 Å². The average Bonchev–Trinajstić information content (AvgIpc) is 2.15. The molecule has 0 N–H and O–H groups in total. The highest BCUT2D eigenvalue weighted by Crippen LogP contribution is 2.06. The average molecular weight is 197 g/mol. The fourth-order valence-electron chi connectivity index (χ4n) is 1.42. The second kappa shape index (κ2) is 6.77. The maximum Gasteiger partial charge on any atom is 0.162 e. The maximum atomic E-state index is 11.6. The van der Waals surface area contributed by atoms with Crippen molar-refractivity contribution in [2.75, 3.05) is 19.6 Å². The maximum absolute atomic E-state index is 11.6. The molecule has 0 bridgehead atoms. The summed E-state index contributed by atoms with van der Waals surface area (Å²) in [7, 11) is 0. The van der Waals surface area contributed by atoms with Gasteiger partial charge in [-0.15, -0.1) is 0 Å². The first-order valence-corrected chi connectivity index (χ1v) is 5.47. The highest BCUT2D eigenvalue weighted by molar-refractivity contribution is 5.96. The Hall–Kier alpha value is -0.630. The Morgan fingerprint density at radius 2 is 1.93 bits per heavy atom. The van der Waals surface area contributed by atoms with Crippen molar-refractivity contribution in [3.8, 4) is 0 Å². The number of likely N-dealkylation sites (N-methyl/N-ethyl adjacent to an activating group) is 1. The summed E-state index contributed by atoms with van der Waals surface area (Å²) < 4.78 is 0. The first-order valence-electron chi connectivity index (χ1n) is 5.47. The monoisotopic (exact) mass is 197 g/mol. The number of ketones is 1. The third-order valence-corrected chi connectivity index (χ3v) is 2.27. The van der Waals surface area contributed by atoms with E-state index in [1.807, 2.05) is 13.8 Å². The van der Waals surface area contributed by atoms with Crippen LogP contribution in [0, 0.1) is 5.92 Å². The summed E-state index contributed by atoms with van der Waals surface area (Å²) in [4.78, 5) is 13.8. The molecule has 0 aliphatic rings. The quantitative estimate of drug-likeness (QED) is 0.584. The summed E-state index contributed by atoms with van der Waals surface area (Å²) in [6.07, 6.45) is 1.12. The van der Waals surface area contributed by atoms with Crippen molar-refractivity contribution >= 4 is 5.78 Å². The molecule has 0 saturated heterocycles. The van der Waals surface area contributed by atoms with Crippen LogP contribution in [0.5, 0.6) is 0 Å². The summed E-state index contributed by atoms with van der Waals surface area (Å²) in [6, 6.07) is 0. The molecule has 82 valence electrons. The molecule has 0 saturated carbocycles. The van der Waals surface area contributed by atoms with Crippen molar-refractivity contribution in [2.45, 2.75) is 34.1 Å². The summed E-state index contributed by atoms with van der Waals surface area (Å²) in [6.45, 7) is 14.7. The van der Waals surface area contributed by atoms with Gasteiger partial charge in [-0.2, -0.15) is 0 Å². The minimum Gasteiger partial charge on any atom is -0.299 e. The van der Waals surface area contributed by atoms with E-state index in [2.05, 4.69) is 25.3 Å². The van der Waals surface area contributed by atoms with Crippen LogP contribution in [0.1, 0.15) is 34.1 Å². The van der Waals surface area contributed by atoms with Crippen LogP contribution < -0.4 is 0 Å². The number of hydrogen-bond donors (Lipinski definition) is 0. The standard InChI is InChI=1S/C12H23NO/c1-6-8-13(7-2)9-11(5)12(14)10(3)4/h10H,5-9H2,1-4H3. The molecule has 0 aromatic carbocycles. The lowest BCUT2D eigenvalue weighted by Gasteiger charge is -2.20. The largest absolute Gasteiger partial charge is 0.299 e. The van der Waals surface area contributed by atoms with Crippen LogP contribution in [0.2, 0.25) is 0 Å². The first-order chi connectivity index (χ1) is 6.52. The van der Waals surface area contributed by atoms with Crippen molar-refractivity contribution in [1.29, 1.82) is 0 Å². The fourth-order valence-corrected chi connectivity index (χ4v) is 1.42. The third kappa shape index (κ3) is 4.56. The number of Topliss-reactive ketones (excluding diaryl/α,β-unsaturated/α-hetero) is 1. The summed E-state index contributed by atoms with van der Waals surface area (Å²) >= 11 is 0. The van der Waals surface area contributed by atoms with Gasteiger partial charge in [0.25, 0.3) is 0 Å². The molecule has 0 aliphatic heterocycles. The van der Waals surface area contributed by atoms with Crippen molar-refractivity contribution < 1.29 is 4.79 Å². The Balaban J connectivity index is 4.08. The molecular formula is C12H23NO. The van der Waals surface area contributed by atoms with E-state index in [0.717, 1.165) is 31.6 Å². The topological polar surface area (TPSA) is 20.3 Å². The van der Waals surface area contributed by atoms with Crippen LogP contribution in [-0.4, -0.2) is 30.3 Å². The highest BCUT2D eigenvalue weighted by atomic mass is 16.1. The molecule has 0 spiro atoms. The number of nitrogens with zero attached hydrogens (tertiary/aromatic N) is 1. The summed E-state index contributed by atoms with van der Waals surface area (Å²) in [5.74, 6) is 0.266. The molecule has 0 aromatic heterocycles. The van der Waals surface area contributed by atoms with Gasteiger partial charge >= 0.3 is 0 Å². The van der Waals surface area contributed by atoms with E-state index in [1.54, 1.807) is 0 Å². The van der Waals surface area contributed by atoms with Gasteiger partial charge in [0.05, 0.1) is 0 Å². The van der Waals surface area contributed by atoms with E-state index < -0.39 is 0 Å². The highest BCUT2D eigenvalue weighted by Gasteiger charge is 2.13. The van der Waals surface area contributed by atoms with E-state index in [-0.39, 0.29) is 11.7 Å². The van der Waals surface area contributed by atoms with Crippen LogP contribution in [0.4, 0.5) is 0 Å². The Morgan fingerprint density at radius 3 is 2.29 bits per heavy atom. The number of rotatable bonds is 7. The minimum atomic E-state index is 0.0721. The molecule has 0 heterocycles. The lowest BCUT2D eigenvalue weighted by molar-refractivity contribution is -0.118. The zero-order valence-electron chi connectivity index (χ0n) is 9.97. The van der Waals surface area contributed by atoms with Gasteiger partial charge in [-0.25, -0.2) is 0 Å². The Labute approximate surface area is 88.0 Å². The molecular weight excluding hydrogens is 174 g/mol. The van der Waals surface area contributed by atoms with Crippen molar-refractivity contribution in [2.24, 2.45) is 5.92 Å². The third-order valence-electron chi connectivity index (χ3n) is 2.27. The molecule has 0 aromatic rings. The van der Waals surface area contributed by atoms with Gasteiger partial charge in [-0.1, -0.05) is 34.3 Å². The molecule has 2 nitrogen and oxygen atoms in total. The van der Waals surface area contributed by atoms with E-state index in [1.165, 1.54) is 0 Å². The molecule has 0 atom stereocenters. The second-order valence-corrected chi connectivity index (χ2v) is 3.99. The summed E-state index contributed by atoms with van der Waals surface area (Å²) in [5.41, 5.74) is 0.746. The van der Waals surface area contributed by atoms with Gasteiger partial charge in [0.1, 0.15) is 0 Å². The first kappa shape index (κ1) is 13.4. The molecule has 14 heavy (non-hydrogen) atoms. The van der Waals surface area contributed by atoms with Gasteiger partial charge < -0.3 is 0 Å². The molecule has 0 aliphatic carbocycles. The SMILES string of the molecule is C=C(CN(CC)CCC)C(=O)C(C)C. The smallest absolute Gasteiger partial charge is 0.162 e. The molecule has 0 rings (SSSR count). The van der Waals surface area contributed by atoms with E-state index in [0.29, 0.717) is 0 Å². The number of carbonyl (C=O) groups is 1. The predicted octanol–water partition coefficient (Wildman–Crippen LogP) is 2.50. The minimum absolute atomic E-state index is 0.0721. The fraction of sp³-hybridized carbons (Fsp3) is 0.750. The van der Waals surface area contributed by atoms with Gasteiger partial charge in [-0.05, 0) is 19.5 Å².